The van der Waals surface area contributed by atoms with Gasteiger partial charge in [-0.05, 0) is 51.0 Å². The summed E-state index contributed by atoms with van der Waals surface area (Å²) in [6.07, 6.45) is -5.19. The molecule has 11 unspecified atom stereocenters. The Kier molecular flexibility index (Phi) is 14.9. The molecule has 12 heteroatoms. The highest BCUT2D eigenvalue weighted by Gasteiger charge is 2.45. The van der Waals surface area contributed by atoms with Crippen LogP contribution in [0.3, 0.4) is 0 Å². The van der Waals surface area contributed by atoms with Gasteiger partial charge in [0.25, 0.3) is 0 Å². The summed E-state index contributed by atoms with van der Waals surface area (Å²) < 4.78 is 28.3. The first kappa shape index (κ1) is 33.3. The maximum absolute atomic E-state index is 10.9. The third kappa shape index (κ3) is 10.3. The van der Waals surface area contributed by atoms with Gasteiger partial charge in [0.05, 0.1) is 43.7 Å². The SMILES string of the molecule is COCC(O)CCCCOC(=CC(O)CCO)C(O)OC1CCCC(C)C1OC1OC(C)C(O)C(O)C1O. The quantitative estimate of drug-likeness (QED) is 0.0743. The van der Waals surface area contributed by atoms with E-state index in [0.29, 0.717) is 25.7 Å². The Hall–Kier alpha value is -0.900. The molecule has 1 heterocycles. The van der Waals surface area contributed by atoms with Gasteiger partial charge in [-0.2, -0.15) is 0 Å². The number of aliphatic hydroxyl groups excluding tert-OH is 7. The predicted octanol–water partition coefficient (Wildman–Crippen LogP) is -0.456. The highest BCUT2D eigenvalue weighted by Crippen LogP contribution is 2.33. The van der Waals surface area contributed by atoms with Crippen molar-refractivity contribution >= 4 is 0 Å². The molecule has 2 aliphatic rings. The van der Waals surface area contributed by atoms with Gasteiger partial charge in [-0.25, -0.2) is 0 Å². The molecule has 2 fully saturated rings. The van der Waals surface area contributed by atoms with Crippen molar-refractivity contribution in [2.45, 2.75) is 120 Å². The molecule has 0 amide bonds. The molecule has 0 bridgehead atoms. The van der Waals surface area contributed by atoms with Crippen LogP contribution >= 0.6 is 0 Å². The number of unbranched alkanes of at least 4 members (excludes halogenated alkanes) is 1. The molecule has 11 atom stereocenters. The van der Waals surface area contributed by atoms with E-state index in [0.717, 1.165) is 12.8 Å². The Balaban J connectivity index is 2.04. The van der Waals surface area contributed by atoms with Crippen molar-refractivity contribution in [3.63, 3.8) is 0 Å². The summed E-state index contributed by atoms with van der Waals surface area (Å²) >= 11 is 0. The van der Waals surface area contributed by atoms with Crippen LogP contribution in [0.2, 0.25) is 0 Å². The fraction of sp³-hybridized carbons (Fsp3) is 0.923. The van der Waals surface area contributed by atoms with Crippen molar-refractivity contribution in [1.29, 1.82) is 0 Å². The van der Waals surface area contributed by atoms with Gasteiger partial charge in [-0.3, -0.25) is 0 Å². The lowest BCUT2D eigenvalue weighted by molar-refractivity contribution is -0.322. The van der Waals surface area contributed by atoms with Gasteiger partial charge in [-0.1, -0.05) is 13.3 Å². The maximum atomic E-state index is 10.9. The zero-order valence-electron chi connectivity index (χ0n) is 22.7. The second kappa shape index (κ2) is 17.0. The Labute approximate surface area is 224 Å². The molecule has 7 N–H and O–H groups in total. The van der Waals surface area contributed by atoms with Gasteiger partial charge in [0, 0.05) is 20.1 Å². The monoisotopic (exact) mass is 552 g/mol. The summed E-state index contributed by atoms with van der Waals surface area (Å²) in [5.41, 5.74) is 0. The van der Waals surface area contributed by atoms with Crippen LogP contribution in [0.4, 0.5) is 0 Å². The Morgan fingerprint density at radius 1 is 1.00 bits per heavy atom. The minimum atomic E-state index is -1.53. The summed E-state index contributed by atoms with van der Waals surface area (Å²) in [4.78, 5) is 0. The number of rotatable bonds is 16. The number of methoxy groups -OCH3 is 1. The molecule has 0 aromatic heterocycles. The van der Waals surface area contributed by atoms with Crippen molar-refractivity contribution in [3.05, 3.63) is 11.8 Å². The van der Waals surface area contributed by atoms with Gasteiger partial charge in [-0.15, -0.1) is 0 Å². The fourth-order valence-electron chi connectivity index (χ4n) is 4.77. The summed E-state index contributed by atoms with van der Waals surface area (Å²) in [6.45, 7) is 3.72. The summed E-state index contributed by atoms with van der Waals surface area (Å²) in [5, 5.41) is 70.5. The van der Waals surface area contributed by atoms with E-state index in [1.165, 1.54) is 13.2 Å². The summed E-state index contributed by atoms with van der Waals surface area (Å²) in [6, 6.07) is 0. The first-order valence-corrected chi connectivity index (χ1v) is 13.6. The van der Waals surface area contributed by atoms with Crippen LogP contribution in [-0.2, 0) is 23.7 Å². The van der Waals surface area contributed by atoms with Gasteiger partial charge in [0.1, 0.15) is 18.3 Å². The number of hydrogen-bond acceptors (Lipinski definition) is 12. The lowest BCUT2D eigenvalue weighted by Crippen LogP contribution is -2.59. The van der Waals surface area contributed by atoms with Gasteiger partial charge < -0.3 is 59.4 Å². The van der Waals surface area contributed by atoms with E-state index in [4.69, 9.17) is 28.8 Å². The molecular weight excluding hydrogens is 504 g/mol. The topological polar surface area (TPSA) is 188 Å². The highest BCUT2D eigenvalue weighted by molar-refractivity contribution is 5.01. The number of ether oxygens (including phenoxy) is 5. The van der Waals surface area contributed by atoms with E-state index in [1.54, 1.807) is 6.92 Å². The van der Waals surface area contributed by atoms with Crippen LogP contribution < -0.4 is 0 Å². The van der Waals surface area contributed by atoms with Crippen LogP contribution in [0, 0.1) is 5.92 Å². The van der Waals surface area contributed by atoms with Crippen LogP contribution in [0.5, 0.6) is 0 Å². The number of aliphatic hydroxyl groups is 7. The van der Waals surface area contributed by atoms with E-state index in [9.17, 15) is 30.6 Å². The third-order valence-corrected chi connectivity index (χ3v) is 7.06. The van der Waals surface area contributed by atoms with Gasteiger partial charge in [0.2, 0.25) is 6.29 Å². The zero-order valence-corrected chi connectivity index (χ0v) is 22.7. The Morgan fingerprint density at radius 3 is 2.42 bits per heavy atom. The van der Waals surface area contributed by atoms with Crippen LogP contribution in [0.25, 0.3) is 0 Å². The molecule has 0 radical (unpaired) electrons. The van der Waals surface area contributed by atoms with Crippen LogP contribution in [0.1, 0.15) is 58.8 Å². The fourth-order valence-corrected chi connectivity index (χ4v) is 4.77. The summed E-state index contributed by atoms with van der Waals surface area (Å²) in [7, 11) is 1.52. The predicted molar refractivity (Wildman–Crippen MR) is 135 cm³/mol. The molecule has 1 aliphatic carbocycles. The molecule has 0 aromatic carbocycles. The minimum absolute atomic E-state index is 0.00137. The van der Waals surface area contributed by atoms with E-state index in [-0.39, 0.29) is 37.9 Å². The van der Waals surface area contributed by atoms with E-state index < -0.39 is 61.4 Å². The third-order valence-electron chi connectivity index (χ3n) is 7.06. The molecule has 224 valence electrons. The van der Waals surface area contributed by atoms with Crippen molar-refractivity contribution in [2.24, 2.45) is 5.92 Å². The molecular formula is C26H48O12. The Bertz CT molecular complexity index is 679. The second-order valence-electron chi connectivity index (χ2n) is 10.3. The average molecular weight is 553 g/mol. The zero-order chi connectivity index (χ0) is 28.2. The maximum Gasteiger partial charge on any atom is 0.214 e. The van der Waals surface area contributed by atoms with Crippen LogP contribution in [0.15, 0.2) is 11.8 Å². The number of hydrogen-bond donors (Lipinski definition) is 7. The molecule has 1 saturated heterocycles. The molecule has 0 aromatic rings. The molecule has 38 heavy (non-hydrogen) atoms. The van der Waals surface area contributed by atoms with Gasteiger partial charge >= 0.3 is 0 Å². The summed E-state index contributed by atoms with van der Waals surface area (Å²) in [5.74, 6) is -0.0237. The van der Waals surface area contributed by atoms with Crippen LogP contribution in [-0.4, -0.2) is 124 Å². The van der Waals surface area contributed by atoms with E-state index in [1.807, 2.05) is 6.92 Å². The highest BCUT2D eigenvalue weighted by atomic mass is 16.7. The van der Waals surface area contributed by atoms with E-state index in [2.05, 4.69) is 0 Å². The first-order valence-electron chi connectivity index (χ1n) is 13.6. The molecule has 12 nitrogen and oxygen atoms in total. The Morgan fingerprint density at radius 2 is 1.74 bits per heavy atom. The van der Waals surface area contributed by atoms with Crippen molar-refractivity contribution in [2.75, 3.05) is 26.9 Å². The molecule has 1 aliphatic heterocycles. The smallest absolute Gasteiger partial charge is 0.214 e. The van der Waals surface area contributed by atoms with E-state index >= 15 is 0 Å². The average Bonchev–Trinajstić information content (AvgIpc) is 2.87. The minimum Gasteiger partial charge on any atom is -0.493 e. The normalized spacial score (nSPS) is 35.1. The lowest BCUT2D eigenvalue weighted by atomic mass is 9.85. The second-order valence-corrected chi connectivity index (χ2v) is 10.3. The molecule has 1 saturated carbocycles. The first-order chi connectivity index (χ1) is 18.1. The van der Waals surface area contributed by atoms with Crippen molar-refractivity contribution in [1.82, 2.24) is 0 Å². The van der Waals surface area contributed by atoms with Gasteiger partial charge in [0.15, 0.2) is 12.0 Å². The van der Waals surface area contributed by atoms with Crippen molar-refractivity contribution < 1.29 is 59.4 Å². The molecule has 0 spiro atoms. The van der Waals surface area contributed by atoms with Crippen molar-refractivity contribution in [3.8, 4) is 0 Å². The standard InChI is InChI=1S/C26H48O12/c1-15-7-6-9-19(24(15)38-26-23(32)22(31)21(30)16(2)36-26)37-25(33)20(13-17(28)10-11-27)35-12-5-4-8-18(29)14-34-3/h13,15-19,21-33H,4-12,14H2,1-3H3. The lowest BCUT2D eigenvalue weighted by Gasteiger charge is -2.44. The molecule has 2 rings (SSSR count). The largest absolute Gasteiger partial charge is 0.493 e.